The first kappa shape index (κ1) is 20.2. The Kier molecular flexibility index (Phi) is 6.77. The van der Waals surface area contributed by atoms with Gasteiger partial charge in [-0.15, -0.1) is 5.10 Å². The quantitative estimate of drug-likeness (QED) is 0.497. The lowest BCUT2D eigenvalue weighted by atomic mass is 10.0. The number of nitrogens with zero attached hydrogens (tertiary/aromatic N) is 4. The molecule has 3 N–H and O–H groups in total. The minimum Gasteiger partial charge on any atom is -0.388 e. The van der Waals surface area contributed by atoms with Gasteiger partial charge in [-0.05, 0) is 19.9 Å². The normalized spacial score (nSPS) is 31.0. The Morgan fingerprint density at radius 3 is 2.93 bits per heavy atom. The number of amides is 1. The molecule has 0 spiro atoms. The zero-order valence-corrected chi connectivity index (χ0v) is 15.8. The molecule has 1 aromatic heterocycles. The van der Waals surface area contributed by atoms with E-state index in [1.807, 2.05) is 7.05 Å². The molecule has 0 radical (unpaired) electrons. The Bertz CT molecular complexity index is 627. The van der Waals surface area contributed by atoms with E-state index >= 15 is 0 Å². The molecule has 152 valence electrons. The summed E-state index contributed by atoms with van der Waals surface area (Å²) in [7, 11) is 3.44. The van der Waals surface area contributed by atoms with Crippen molar-refractivity contribution in [2.24, 2.45) is 0 Å². The van der Waals surface area contributed by atoms with E-state index in [9.17, 15) is 15.0 Å². The van der Waals surface area contributed by atoms with Crippen LogP contribution in [-0.2, 0) is 27.4 Å². The number of aliphatic hydroxyl groups is 2. The van der Waals surface area contributed by atoms with E-state index in [-0.39, 0.29) is 24.9 Å². The molecule has 3 heterocycles. The Morgan fingerprint density at radius 1 is 1.41 bits per heavy atom. The number of hydrogen-bond acceptors (Lipinski definition) is 8. The molecule has 0 aromatic carbocycles. The standard InChI is InChI=1S/C17H29N5O5/c1-18-7-11-8-21(20-19-11)9-14-17(25)16(24)13(27-14)6-15(23)22-5-3-4-12(22)10-26-2/h8,12-14,16-18,24-25H,3-7,9-10H2,1-2H3/t12-,13+,14+,16+,17-/m1/s1. The molecular weight excluding hydrogens is 354 g/mol. The van der Waals surface area contributed by atoms with Crippen molar-refractivity contribution in [2.45, 2.75) is 62.8 Å². The molecule has 27 heavy (non-hydrogen) atoms. The van der Waals surface area contributed by atoms with E-state index in [4.69, 9.17) is 9.47 Å². The van der Waals surface area contributed by atoms with Gasteiger partial charge in [-0.25, -0.2) is 4.68 Å². The first-order chi connectivity index (χ1) is 13.0. The second kappa shape index (κ2) is 9.07. The first-order valence-electron chi connectivity index (χ1n) is 9.37. The molecule has 0 saturated carbocycles. The molecule has 1 aromatic rings. The van der Waals surface area contributed by atoms with E-state index < -0.39 is 24.4 Å². The monoisotopic (exact) mass is 383 g/mol. The number of aliphatic hydroxyl groups excluding tert-OH is 2. The van der Waals surface area contributed by atoms with Gasteiger partial charge in [0.15, 0.2) is 0 Å². The zero-order valence-electron chi connectivity index (χ0n) is 15.8. The molecule has 3 rings (SSSR count). The molecule has 1 amide bonds. The summed E-state index contributed by atoms with van der Waals surface area (Å²) in [5.74, 6) is -0.0801. The molecule has 0 aliphatic carbocycles. The number of aromatic nitrogens is 3. The molecule has 2 aliphatic heterocycles. The van der Waals surface area contributed by atoms with Crippen LogP contribution in [0.4, 0.5) is 0 Å². The maximum Gasteiger partial charge on any atom is 0.225 e. The van der Waals surface area contributed by atoms with E-state index in [1.165, 1.54) is 0 Å². The molecule has 0 bridgehead atoms. The van der Waals surface area contributed by atoms with Gasteiger partial charge in [-0.3, -0.25) is 4.79 Å². The SMILES string of the molecule is CNCc1cn(C[C@@H]2O[C@@H](CC(=O)N3CCC[C@@H]3COC)[C@H](O)[C@@H]2O)nn1. The van der Waals surface area contributed by atoms with Crippen LogP contribution < -0.4 is 5.32 Å². The Hall–Kier alpha value is -1.59. The second-order valence-electron chi connectivity index (χ2n) is 7.20. The molecule has 10 nitrogen and oxygen atoms in total. The van der Waals surface area contributed by atoms with Gasteiger partial charge in [0.25, 0.3) is 0 Å². The van der Waals surface area contributed by atoms with Crippen LogP contribution in [0.15, 0.2) is 6.20 Å². The number of nitrogens with one attached hydrogen (secondary N) is 1. The van der Waals surface area contributed by atoms with Gasteiger partial charge < -0.3 is 29.9 Å². The van der Waals surface area contributed by atoms with Crippen molar-refractivity contribution in [3.05, 3.63) is 11.9 Å². The van der Waals surface area contributed by atoms with Crippen molar-refractivity contribution in [2.75, 3.05) is 27.3 Å². The summed E-state index contributed by atoms with van der Waals surface area (Å²) >= 11 is 0. The topological polar surface area (TPSA) is 122 Å². The number of rotatable bonds is 8. The fourth-order valence-electron chi connectivity index (χ4n) is 3.84. The third-order valence-corrected chi connectivity index (χ3v) is 5.20. The van der Waals surface area contributed by atoms with Crippen molar-refractivity contribution >= 4 is 5.91 Å². The van der Waals surface area contributed by atoms with Gasteiger partial charge >= 0.3 is 0 Å². The maximum atomic E-state index is 12.6. The molecule has 2 aliphatic rings. The Labute approximate surface area is 158 Å². The third kappa shape index (κ3) is 4.64. The zero-order chi connectivity index (χ0) is 19.4. The number of likely N-dealkylation sites (tertiary alicyclic amines) is 1. The van der Waals surface area contributed by atoms with Gasteiger partial charge in [-0.1, -0.05) is 5.21 Å². The molecule has 2 fully saturated rings. The lowest BCUT2D eigenvalue weighted by Gasteiger charge is -2.26. The minimum absolute atomic E-state index is 0.0390. The van der Waals surface area contributed by atoms with E-state index in [2.05, 4.69) is 15.6 Å². The van der Waals surface area contributed by atoms with Gasteiger partial charge in [0.1, 0.15) is 18.3 Å². The highest BCUT2D eigenvalue weighted by molar-refractivity contribution is 5.77. The second-order valence-corrected chi connectivity index (χ2v) is 7.20. The fraction of sp³-hybridized carbons (Fsp3) is 0.824. The smallest absolute Gasteiger partial charge is 0.225 e. The lowest BCUT2D eigenvalue weighted by molar-refractivity contribution is -0.137. The van der Waals surface area contributed by atoms with Crippen molar-refractivity contribution < 1.29 is 24.5 Å². The van der Waals surface area contributed by atoms with Crippen LogP contribution in [0.5, 0.6) is 0 Å². The van der Waals surface area contributed by atoms with E-state index in [0.717, 1.165) is 18.5 Å². The van der Waals surface area contributed by atoms with Crippen LogP contribution in [0.25, 0.3) is 0 Å². The predicted octanol–water partition coefficient (Wildman–Crippen LogP) is -1.49. The highest BCUT2D eigenvalue weighted by Gasteiger charge is 2.44. The summed E-state index contributed by atoms with van der Waals surface area (Å²) in [6, 6.07) is 0.0718. The summed E-state index contributed by atoms with van der Waals surface area (Å²) in [6.45, 7) is 2.04. The highest BCUT2D eigenvalue weighted by atomic mass is 16.5. The predicted molar refractivity (Wildman–Crippen MR) is 94.7 cm³/mol. The number of carbonyl (C=O) groups is 1. The third-order valence-electron chi connectivity index (χ3n) is 5.20. The van der Waals surface area contributed by atoms with Crippen molar-refractivity contribution in [3.63, 3.8) is 0 Å². The Morgan fingerprint density at radius 2 is 2.19 bits per heavy atom. The van der Waals surface area contributed by atoms with Crippen LogP contribution in [0, 0.1) is 0 Å². The summed E-state index contributed by atoms with van der Waals surface area (Å²) in [5.41, 5.74) is 0.774. The van der Waals surface area contributed by atoms with E-state index in [1.54, 1.807) is 22.9 Å². The number of methoxy groups -OCH3 is 1. The van der Waals surface area contributed by atoms with Gasteiger partial charge in [-0.2, -0.15) is 0 Å². The van der Waals surface area contributed by atoms with Gasteiger partial charge in [0.05, 0.1) is 37.4 Å². The summed E-state index contributed by atoms with van der Waals surface area (Å²) in [5, 5.41) is 31.7. The average molecular weight is 383 g/mol. The fourth-order valence-corrected chi connectivity index (χ4v) is 3.84. The first-order valence-corrected chi connectivity index (χ1v) is 9.37. The number of ether oxygens (including phenoxy) is 2. The average Bonchev–Trinajstić information content (AvgIpc) is 3.34. The van der Waals surface area contributed by atoms with Crippen LogP contribution in [-0.4, -0.2) is 93.8 Å². The van der Waals surface area contributed by atoms with Gasteiger partial charge in [0.2, 0.25) is 5.91 Å². The molecule has 10 heteroatoms. The summed E-state index contributed by atoms with van der Waals surface area (Å²) < 4.78 is 12.6. The van der Waals surface area contributed by atoms with Gasteiger partial charge in [0, 0.05) is 26.4 Å². The minimum atomic E-state index is -1.11. The largest absolute Gasteiger partial charge is 0.388 e. The lowest BCUT2D eigenvalue weighted by Crippen LogP contribution is -2.41. The summed E-state index contributed by atoms with van der Waals surface area (Å²) in [6.07, 6.45) is 0.0992. The van der Waals surface area contributed by atoms with Crippen LogP contribution >= 0.6 is 0 Å². The van der Waals surface area contributed by atoms with E-state index in [0.29, 0.717) is 19.7 Å². The Balaban J connectivity index is 1.56. The molecule has 5 atom stereocenters. The van der Waals surface area contributed by atoms with Crippen LogP contribution in [0.3, 0.4) is 0 Å². The van der Waals surface area contributed by atoms with Crippen molar-refractivity contribution in [1.82, 2.24) is 25.2 Å². The maximum absolute atomic E-state index is 12.6. The summed E-state index contributed by atoms with van der Waals surface area (Å²) in [4.78, 5) is 14.4. The van der Waals surface area contributed by atoms with Crippen LogP contribution in [0.2, 0.25) is 0 Å². The molecular formula is C17H29N5O5. The highest BCUT2D eigenvalue weighted by Crippen LogP contribution is 2.27. The van der Waals surface area contributed by atoms with Crippen molar-refractivity contribution in [1.29, 1.82) is 0 Å². The molecule has 2 saturated heterocycles. The number of hydrogen-bond donors (Lipinski definition) is 3. The van der Waals surface area contributed by atoms with Crippen LogP contribution in [0.1, 0.15) is 25.0 Å². The number of carbonyl (C=O) groups excluding carboxylic acids is 1. The molecule has 0 unspecified atom stereocenters. The van der Waals surface area contributed by atoms with Crippen molar-refractivity contribution in [3.8, 4) is 0 Å².